The van der Waals surface area contributed by atoms with Crippen molar-refractivity contribution in [3.63, 3.8) is 0 Å². The number of hydrogen-bond donors (Lipinski definition) is 1. The molecule has 4 bridgehead atoms. The molecule has 4 aromatic rings. The molecule has 4 atom stereocenters. The van der Waals surface area contributed by atoms with Gasteiger partial charge in [-0.15, -0.1) is 0 Å². The first-order valence-electron chi connectivity index (χ1n) is 24.1. The summed E-state index contributed by atoms with van der Waals surface area (Å²) in [5.41, 5.74) is 5.55. The van der Waals surface area contributed by atoms with E-state index in [0.29, 0.717) is 30.1 Å². The quantitative estimate of drug-likeness (QED) is 0.114. The zero-order valence-corrected chi connectivity index (χ0v) is 38.1. The van der Waals surface area contributed by atoms with Crippen LogP contribution in [0.2, 0.25) is 0 Å². The van der Waals surface area contributed by atoms with Gasteiger partial charge in [0.25, 0.3) is 0 Å². The van der Waals surface area contributed by atoms with Crippen LogP contribution in [0, 0.1) is 29.1 Å². The summed E-state index contributed by atoms with van der Waals surface area (Å²) in [7, 11) is 0. The van der Waals surface area contributed by atoms with Crippen LogP contribution in [0.15, 0.2) is 103 Å². The lowest BCUT2D eigenvalue weighted by Gasteiger charge is -2.58. The topological polar surface area (TPSA) is 47.9 Å². The van der Waals surface area contributed by atoms with Gasteiger partial charge in [0, 0.05) is 5.41 Å². The zero-order chi connectivity index (χ0) is 42.3. The molecule has 5 aliphatic carbocycles. The Morgan fingerprint density at radius 3 is 1.53 bits per heavy atom. The molecule has 0 aliphatic heterocycles. The lowest BCUT2D eigenvalue weighted by atomic mass is 9.49. The summed E-state index contributed by atoms with van der Waals surface area (Å²) in [5.74, 6) is 7.75. The summed E-state index contributed by atoms with van der Waals surface area (Å²) >= 11 is 0. The third kappa shape index (κ3) is 13.1. The lowest BCUT2D eigenvalue weighted by molar-refractivity contribution is -0.216. The molecule has 0 aromatic heterocycles. The van der Waals surface area contributed by atoms with Gasteiger partial charge in [-0.25, -0.2) is 0 Å². The Morgan fingerprint density at radius 2 is 1.05 bits per heavy atom. The van der Waals surface area contributed by atoms with Crippen LogP contribution in [-0.2, 0) is 11.3 Å². The summed E-state index contributed by atoms with van der Waals surface area (Å²) in [4.78, 5) is 0. The van der Waals surface area contributed by atoms with Gasteiger partial charge >= 0.3 is 0 Å². The van der Waals surface area contributed by atoms with Crippen LogP contribution in [0.25, 0.3) is 0 Å². The maximum absolute atomic E-state index is 9.01. The molecule has 0 saturated heterocycles. The summed E-state index contributed by atoms with van der Waals surface area (Å²) in [6.45, 7) is 14.9. The molecular weight excluding hydrogens is 737 g/mol. The van der Waals surface area contributed by atoms with E-state index in [1.807, 2.05) is 30.3 Å². The molecule has 0 amide bonds. The van der Waals surface area contributed by atoms with Crippen LogP contribution >= 0.6 is 0 Å². The maximum atomic E-state index is 9.01. The Bertz CT molecular complexity index is 1740. The second-order valence-corrected chi connectivity index (χ2v) is 19.3. The van der Waals surface area contributed by atoms with Crippen molar-refractivity contribution in [3.05, 3.63) is 125 Å². The van der Waals surface area contributed by atoms with Gasteiger partial charge in [-0.05, 0) is 164 Å². The van der Waals surface area contributed by atoms with Gasteiger partial charge in [0.1, 0.15) is 23.9 Å². The Balaban J connectivity index is 0.000000175. The van der Waals surface area contributed by atoms with E-state index in [0.717, 1.165) is 48.2 Å². The molecule has 4 aromatic carbocycles. The highest BCUT2D eigenvalue weighted by Gasteiger charge is 2.56. The fourth-order valence-electron chi connectivity index (χ4n) is 10.8. The highest BCUT2D eigenvalue weighted by atomic mass is 16.7. The number of phenols is 1. The number of phenolic OH excluding ortho intramolecular Hbond substituents is 1. The van der Waals surface area contributed by atoms with Crippen molar-refractivity contribution in [2.24, 2.45) is 29.1 Å². The third-order valence-electron chi connectivity index (χ3n) is 14.8. The number of aromatic hydroxyl groups is 1. The van der Waals surface area contributed by atoms with Gasteiger partial charge in [-0.1, -0.05) is 140 Å². The molecule has 326 valence electrons. The fraction of sp³-hybridized carbons (Fsp3) is 0.571. The highest BCUT2D eigenvalue weighted by Crippen LogP contribution is 2.62. The Kier molecular flexibility index (Phi) is 17.5. The Morgan fingerprint density at radius 1 is 0.583 bits per heavy atom. The smallest absolute Gasteiger partial charge is 0.205 e. The zero-order valence-electron chi connectivity index (χ0n) is 38.1. The third-order valence-corrected chi connectivity index (χ3v) is 14.8. The van der Waals surface area contributed by atoms with Crippen LogP contribution in [-0.4, -0.2) is 18.0 Å². The number of rotatable bonds is 16. The molecule has 5 saturated carbocycles. The molecule has 0 radical (unpaired) electrons. The van der Waals surface area contributed by atoms with E-state index >= 15 is 0 Å². The Labute approximate surface area is 364 Å². The largest absolute Gasteiger partial charge is 0.508 e. The fourth-order valence-corrected chi connectivity index (χ4v) is 10.8. The van der Waals surface area contributed by atoms with E-state index < -0.39 is 0 Å². The molecule has 1 N–H and O–H groups in total. The van der Waals surface area contributed by atoms with Crippen LogP contribution in [0.3, 0.4) is 0 Å². The van der Waals surface area contributed by atoms with Gasteiger partial charge in [0.15, 0.2) is 0 Å². The number of hydrogen-bond acceptors (Lipinski definition) is 4. The minimum absolute atomic E-state index is 0.0565. The number of ether oxygens (including phenoxy) is 3. The van der Waals surface area contributed by atoms with Crippen molar-refractivity contribution in [1.29, 1.82) is 0 Å². The maximum Gasteiger partial charge on any atom is 0.205 e. The van der Waals surface area contributed by atoms with Crippen LogP contribution in [0.5, 0.6) is 17.2 Å². The highest BCUT2D eigenvalue weighted by molar-refractivity contribution is 5.31. The van der Waals surface area contributed by atoms with Gasteiger partial charge in [-0.3, -0.25) is 0 Å². The van der Waals surface area contributed by atoms with Crippen molar-refractivity contribution in [2.45, 2.75) is 169 Å². The minimum Gasteiger partial charge on any atom is -0.508 e. The molecule has 5 aliphatic rings. The lowest BCUT2D eigenvalue weighted by Crippen LogP contribution is -2.54. The van der Waals surface area contributed by atoms with Crippen molar-refractivity contribution in [3.8, 4) is 17.2 Å². The predicted octanol–water partition coefficient (Wildman–Crippen LogP) is 15.8. The molecule has 60 heavy (non-hydrogen) atoms. The van der Waals surface area contributed by atoms with E-state index in [2.05, 4.69) is 102 Å². The minimum atomic E-state index is -0.0565. The van der Waals surface area contributed by atoms with Crippen molar-refractivity contribution < 1.29 is 19.3 Å². The average molecular weight is 815 g/mol. The van der Waals surface area contributed by atoms with E-state index in [-0.39, 0.29) is 11.7 Å². The molecule has 4 nitrogen and oxygen atoms in total. The average Bonchev–Trinajstić information content (AvgIpc) is 3.28. The van der Waals surface area contributed by atoms with Crippen LogP contribution in [0.4, 0.5) is 0 Å². The first-order chi connectivity index (χ1) is 29.2. The molecule has 0 spiro atoms. The summed E-state index contributed by atoms with van der Waals surface area (Å²) < 4.78 is 19.2. The summed E-state index contributed by atoms with van der Waals surface area (Å²) in [6, 6.07) is 35.0. The van der Waals surface area contributed by atoms with Crippen LogP contribution in [0.1, 0.15) is 178 Å². The van der Waals surface area contributed by atoms with E-state index in [9.17, 15) is 0 Å². The first kappa shape index (κ1) is 45.8. The van der Waals surface area contributed by atoms with Gasteiger partial charge in [0.05, 0.1) is 6.61 Å². The normalized spacial score (nSPS) is 23.9. The SMILES string of the molecule is CCC(C)c1ccc(O)cc1.CCC(C)c1ccc(OC(OCCC2CCCCC2)C23CC4CC(CC(C4)C2)C3)cc1.CCC(C)c1ccc(OCc2ccccc2)cc1. The molecule has 0 heterocycles. The second-order valence-electron chi connectivity index (χ2n) is 19.3. The molecule has 9 rings (SSSR count). The van der Waals surface area contributed by atoms with Crippen molar-refractivity contribution in [2.75, 3.05) is 6.61 Å². The second kappa shape index (κ2) is 22.9. The summed E-state index contributed by atoms with van der Waals surface area (Å²) in [6.07, 6.45) is 20.1. The molecular formula is C56H78O4. The Hall–Kier alpha value is -3.76. The monoisotopic (exact) mass is 815 g/mol. The van der Waals surface area contributed by atoms with E-state index in [1.165, 1.54) is 112 Å². The van der Waals surface area contributed by atoms with Crippen molar-refractivity contribution >= 4 is 0 Å². The van der Waals surface area contributed by atoms with Crippen LogP contribution < -0.4 is 9.47 Å². The van der Waals surface area contributed by atoms with E-state index in [4.69, 9.17) is 19.3 Å². The van der Waals surface area contributed by atoms with Gasteiger partial charge in [-0.2, -0.15) is 0 Å². The molecule has 4 heteroatoms. The standard InChI is InChI=1S/C29H44O2.C17H20O.C10H14O/c1-3-21(2)26-9-11-27(12-10-26)31-28(30-14-13-22-7-5-4-6-8-22)29-18-23-15-24(19-29)17-25(16-23)20-29;1-3-14(2)16-9-11-17(12-10-16)18-13-15-7-5-4-6-8-15;1-3-8(2)9-4-6-10(11)7-5-9/h9-12,21-25,28H,3-8,13-20H2,1-2H3;4-12,14H,3,13H2,1-2H3;4-8,11H,3H2,1-2H3. The molecule has 4 unspecified atom stereocenters. The summed E-state index contributed by atoms with van der Waals surface area (Å²) in [5, 5.41) is 9.01. The van der Waals surface area contributed by atoms with Gasteiger partial charge in [0.2, 0.25) is 6.29 Å². The predicted molar refractivity (Wildman–Crippen MR) is 250 cm³/mol. The molecule has 5 fully saturated rings. The van der Waals surface area contributed by atoms with E-state index in [1.54, 1.807) is 12.1 Å². The number of benzene rings is 4. The van der Waals surface area contributed by atoms with Crippen molar-refractivity contribution in [1.82, 2.24) is 0 Å². The van der Waals surface area contributed by atoms with Gasteiger partial charge < -0.3 is 19.3 Å². The first-order valence-corrected chi connectivity index (χ1v) is 24.1.